The van der Waals surface area contributed by atoms with Crippen molar-refractivity contribution in [1.82, 2.24) is 0 Å². The van der Waals surface area contributed by atoms with E-state index in [1.165, 1.54) is 11.1 Å². The zero-order valence-corrected chi connectivity index (χ0v) is 10.2. The highest BCUT2D eigenvalue weighted by Gasteiger charge is 2.40. The van der Waals surface area contributed by atoms with Crippen molar-refractivity contribution in [1.29, 1.82) is 0 Å². The fourth-order valence-corrected chi connectivity index (χ4v) is 2.52. The Bertz CT molecular complexity index is 378. The first-order valence-electron chi connectivity index (χ1n) is 5.27. The zero-order valence-electron chi connectivity index (χ0n) is 9.41. The molecule has 1 saturated heterocycles. The van der Waals surface area contributed by atoms with Crippen LogP contribution in [0.1, 0.15) is 37.3 Å². The summed E-state index contributed by atoms with van der Waals surface area (Å²) in [5.74, 6) is 0.394. The van der Waals surface area contributed by atoms with Crippen LogP contribution in [0, 0.1) is 6.92 Å². The van der Waals surface area contributed by atoms with Crippen LogP contribution in [0.2, 0.25) is 0 Å². The predicted molar refractivity (Wildman–Crippen MR) is 66.3 cm³/mol. The molecule has 1 aromatic rings. The van der Waals surface area contributed by atoms with Crippen molar-refractivity contribution >= 4 is 17.3 Å². The first-order chi connectivity index (χ1) is 6.99. The zero-order chi connectivity index (χ0) is 11.1. The molecule has 0 aromatic heterocycles. The topological polar surface area (TPSA) is 9.23 Å². The third-order valence-corrected chi connectivity index (χ3v) is 3.32. The third kappa shape index (κ3) is 2.05. The molecular weight excluding hydrogens is 204 g/mol. The number of hydrogen-bond acceptors (Lipinski definition) is 2. The monoisotopic (exact) mass is 220 g/mol. The Morgan fingerprint density at radius 2 is 1.87 bits per heavy atom. The molecule has 80 valence electrons. The van der Waals surface area contributed by atoms with Gasteiger partial charge in [0.15, 0.2) is 5.05 Å². The molecule has 0 spiro atoms. The molecule has 1 aliphatic heterocycles. The van der Waals surface area contributed by atoms with Crippen molar-refractivity contribution in [3.05, 3.63) is 35.4 Å². The molecular formula is C13H16OS. The van der Waals surface area contributed by atoms with Gasteiger partial charge in [-0.2, -0.15) is 0 Å². The average molecular weight is 220 g/mol. The van der Waals surface area contributed by atoms with Gasteiger partial charge in [0.2, 0.25) is 0 Å². The van der Waals surface area contributed by atoms with Gasteiger partial charge in [-0.05, 0) is 38.6 Å². The molecule has 0 amide bonds. The number of thiocarbonyl (C=S) groups is 1. The van der Waals surface area contributed by atoms with Crippen molar-refractivity contribution in [2.24, 2.45) is 0 Å². The number of benzene rings is 1. The Kier molecular flexibility index (Phi) is 2.55. The summed E-state index contributed by atoms with van der Waals surface area (Å²) >= 11 is 5.15. The largest absolute Gasteiger partial charge is 0.481 e. The van der Waals surface area contributed by atoms with E-state index < -0.39 is 0 Å². The molecule has 0 radical (unpaired) electrons. The summed E-state index contributed by atoms with van der Waals surface area (Å²) in [7, 11) is 0. The lowest BCUT2D eigenvalue weighted by Crippen LogP contribution is -2.25. The minimum atomic E-state index is -0.160. The fourth-order valence-electron chi connectivity index (χ4n) is 2.14. The highest BCUT2D eigenvalue weighted by atomic mass is 32.1. The number of aryl methyl sites for hydroxylation is 1. The second kappa shape index (κ2) is 3.60. The molecule has 1 fully saturated rings. The van der Waals surface area contributed by atoms with Gasteiger partial charge in [-0.1, -0.05) is 29.8 Å². The maximum Gasteiger partial charge on any atom is 0.161 e. The van der Waals surface area contributed by atoms with Gasteiger partial charge < -0.3 is 4.74 Å². The van der Waals surface area contributed by atoms with E-state index in [1.807, 2.05) is 0 Å². The van der Waals surface area contributed by atoms with E-state index in [-0.39, 0.29) is 5.60 Å². The molecule has 1 nitrogen and oxygen atoms in total. The van der Waals surface area contributed by atoms with Crippen LogP contribution in [0.3, 0.4) is 0 Å². The van der Waals surface area contributed by atoms with Crippen LogP contribution in [0.4, 0.5) is 0 Å². The van der Waals surface area contributed by atoms with Crippen molar-refractivity contribution < 1.29 is 4.74 Å². The summed E-state index contributed by atoms with van der Waals surface area (Å²) in [6, 6.07) is 8.65. The number of hydrogen-bond donors (Lipinski definition) is 0. The van der Waals surface area contributed by atoms with Gasteiger partial charge in [0, 0.05) is 12.3 Å². The quantitative estimate of drug-likeness (QED) is 0.669. The van der Waals surface area contributed by atoms with Crippen LogP contribution in [-0.2, 0) is 4.74 Å². The summed E-state index contributed by atoms with van der Waals surface area (Å²) in [6.07, 6.45) is 0.866. The molecule has 0 N–H and O–H groups in total. The number of ether oxygens (including phenoxy) is 1. The predicted octanol–water partition coefficient (Wildman–Crippen LogP) is 3.60. The lowest BCUT2D eigenvalue weighted by molar-refractivity contribution is 0.108. The minimum absolute atomic E-state index is 0.160. The molecule has 1 heterocycles. The van der Waals surface area contributed by atoms with Gasteiger partial charge in [-0.15, -0.1) is 0 Å². The second-order valence-electron chi connectivity index (χ2n) is 4.74. The van der Waals surface area contributed by atoms with Gasteiger partial charge >= 0.3 is 0 Å². The lowest BCUT2D eigenvalue weighted by atomic mass is 9.84. The molecule has 1 aromatic carbocycles. The smallest absolute Gasteiger partial charge is 0.161 e. The summed E-state index contributed by atoms with van der Waals surface area (Å²) in [6.45, 7) is 6.32. The van der Waals surface area contributed by atoms with E-state index in [0.29, 0.717) is 5.92 Å². The van der Waals surface area contributed by atoms with Crippen LogP contribution in [0.5, 0.6) is 0 Å². The Morgan fingerprint density at radius 1 is 1.27 bits per heavy atom. The SMILES string of the molecule is Cc1ccc(C2CC(=S)OC2(C)C)cc1. The molecule has 1 aliphatic rings. The van der Waals surface area contributed by atoms with Crippen molar-refractivity contribution in [3.8, 4) is 0 Å². The van der Waals surface area contributed by atoms with Gasteiger partial charge in [0.1, 0.15) is 5.60 Å². The standard InChI is InChI=1S/C13H16OS/c1-9-4-6-10(7-5-9)11-8-12(15)14-13(11,2)3/h4-7,11H,8H2,1-3H3. The van der Waals surface area contributed by atoms with E-state index in [0.717, 1.165) is 11.5 Å². The normalized spacial score (nSPS) is 23.9. The maximum atomic E-state index is 5.68. The first-order valence-corrected chi connectivity index (χ1v) is 5.68. The summed E-state index contributed by atoms with van der Waals surface area (Å²) < 4.78 is 5.68. The van der Waals surface area contributed by atoms with Crippen LogP contribution in [0.15, 0.2) is 24.3 Å². The highest BCUT2D eigenvalue weighted by Crippen LogP contribution is 2.40. The average Bonchev–Trinajstić information content (AvgIpc) is 2.41. The summed E-state index contributed by atoms with van der Waals surface area (Å²) in [5.41, 5.74) is 2.45. The van der Waals surface area contributed by atoms with Crippen LogP contribution in [0.25, 0.3) is 0 Å². The van der Waals surface area contributed by atoms with Crippen molar-refractivity contribution in [3.63, 3.8) is 0 Å². The van der Waals surface area contributed by atoms with Gasteiger partial charge in [0.05, 0.1) is 0 Å². The molecule has 2 heteroatoms. The Labute approximate surface area is 96.5 Å². The van der Waals surface area contributed by atoms with E-state index in [4.69, 9.17) is 17.0 Å². The van der Waals surface area contributed by atoms with Gasteiger partial charge in [0.25, 0.3) is 0 Å². The van der Waals surface area contributed by atoms with E-state index in [2.05, 4.69) is 45.0 Å². The molecule has 0 aliphatic carbocycles. The Morgan fingerprint density at radius 3 is 2.33 bits per heavy atom. The lowest BCUT2D eigenvalue weighted by Gasteiger charge is -2.25. The molecule has 0 saturated carbocycles. The van der Waals surface area contributed by atoms with Crippen molar-refractivity contribution in [2.45, 2.75) is 38.7 Å². The molecule has 2 rings (SSSR count). The first kappa shape index (κ1) is 10.6. The highest BCUT2D eigenvalue weighted by molar-refractivity contribution is 7.80. The molecule has 1 atom stereocenters. The second-order valence-corrected chi connectivity index (χ2v) is 5.20. The van der Waals surface area contributed by atoms with Gasteiger partial charge in [-0.25, -0.2) is 0 Å². The Balaban J connectivity index is 2.31. The summed E-state index contributed by atoms with van der Waals surface area (Å²) in [5, 5.41) is 0.741. The van der Waals surface area contributed by atoms with E-state index in [9.17, 15) is 0 Å². The fraction of sp³-hybridized carbons (Fsp3) is 0.462. The number of rotatable bonds is 1. The third-order valence-electron chi connectivity index (χ3n) is 3.07. The van der Waals surface area contributed by atoms with Crippen LogP contribution < -0.4 is 0 Å². The van der Waals surface area contributed by atoms with Crippen LogP contribution >= 0.6 is 12.2 Å². The molecule has 1 unspecified atom stereocenters. The van der Waals surface area contributed by atoms with Gasteiger partial charge in [-0.3, -0.25) is 0 Å². The summed E-state index contributed by atoms with van der Waals surface area (Å²) in [4.78, 5) is 0. The maximum absolute atomic E-state index is 5.68. The Hall–Kier alpha value is -0.890. The van der Waals surface area contributed by atoms with E-state index >= 15 is 0 Å². The van der Waals surface area contributed by atoms with Crippen LogP contribution in [-0.4, -0.2) is 10.7 Å². The molecule has 0 bridgehead atoms. The van der Waals surface area contributed by atoms with E-state index in [1.54, 1.807) is 0 Å². The molecule has 15 heavy (non-hydrogen) atoms. The minimum Gasteiger partial charge on any atom is -0.481 e. The van der Waals surface area contributed by atoms with Crippen molar-refractivity contribution in [2.75, 3.05) is 0 Å².